The number of non-ortho nitro benzene ring substituents is 1. The molecule has 0 saturated heterocycles. The number of nitro groups is 1. The molecule has 0 heterocycles. The number of hydrogen-bond donors (Lipinski definition) is 2. The summed E-state index contributed by atoms with van der Waals surface area (Å²) in [5.74, 6) is -0.364. The van der Waals surface area contributed by atoms with Crippen LogP contribution in [0.4, 0.5) is 11.4 Å². The molecule has 0 saturated carbocycles. The summed E-state index contributed by atoms with van der Waals surface area (Å²) >= 11 is 0. The Morgan fingerprint density at radius 3 is 2.64 bits per heavy atom. The van der Waals surface area contributed by atoms with Crippen molar-refractivity contribution in [3.8, 4) is 0 Å². The summed E-state index contributed by atoms with van der Waals surface area (Å²) in [5, 5.41) is 12.7. The zero-order valence-corrected chi connectivity index (χ0v) is 7.48. The van der Waals surface area contributed by atoms with E-state index in [1.807, 2.05) is 0 Å². The molecule has 0 bridgehead atoms. The van der Waals surface area contributed by atoms with Crippen molar-refractivity contribution < 1.29 is 9.72 Å². The van der Waals surface area contributed by atoms with Crippen LogP contribution in [0.2, 0.25) is 0 Å². The van der Waals surface area contributed by atoms with Crippen molar-refractivity contribution in [2.45, 2.75) is 0 Å². The Bertz CT molecular complexity index is 389. The van der Waals surface area contributed by atoms with Gasteiger partial charge in [-0.25, -0.2) is 0 Å². The van der Waals surface area contributed by atoms with E-state index in [0.717, 1.165) is 6.07 Å². The fourth-order valence-electron chi connectivity index (χ4n) is 1.01. The summed E-state index contributed by atoms with van der Waals surface area (Å²) in [6.07, 6.45) is 0. The molecule has 0 aliphatic heterocycles. The molecule has 0 unspecified atom stereocenters. The molecule has 1 aromatic carbocycles. The third-order valence-electron chi connectivity index (χ3n) is 1.72. The first kappa shape index (κ1) is 9.97. The summed E-state index contributed by atoms with van der Waals surface area (Å²) < 4.78 is 0. The zero-order valence-electron chi connectivity index (χ0n) is 7.48. The molecule has 3 N–H and O–H groups in total. The van der Waals surface area contributed by atoms with Gasteiger partial charge < -0.3 is 11.1 Å². The molecule has 0 fully saturated rings. The lowest BCUT2D eigenvalue weighted by molar-refractivity contribution is -0.384. The average Bonchev–Trinajstić information content (AvgIpc) is 2.16. The Labute approximate surface area is 79.9 Å². The highest BCUT2D eigenvalue weighted by Crippen LogP contribution is 2.19. The number of hydrogen-bond acceptors (Lipinski definition) is 4. The van der Waals surface area contributed by atoms with Crippen molar-refractivity contribution in [1.82, 2.24) is 5.32 Å². The fraction of sp³-hybridized carbons (Fsp3) is 0.125. The molecule has 74 valence electrons. The highest BCUT2D eigenvalue weighted by molar-refractivity contribution is 5.99. The number of carbonyl (C=O) groups is 1. The zero-order chi connectivity index (χ0) is 10.7. The molecule has 1 aromatic rings. The summed E-state index contributed by atoms with van der Waals surface area (Å²) in [5.41, 5.74) is 5.67. The van der Waals surface area contributed by atoms with Crippen LogP contribution in [0.1, 0.15) is 10.4 Å². The van der Waals surface area contributed by atoms with Crippen LogP contribution in [0, 0.1) is 10.1 Å². The number of anilines is 1. The maximum absolute atomic E-state index is 11.2. The second kappa shape index (κ2) is 3.73. The van der Waals surface area contributed by atoms with E-state index in [1.165, 1.54) is 19.2 Å². The number of carbonyl (C=O) groups excluding carboxylic acids is 1. The minimum Gasteiger partial charge on any atom is -0.398 e. The van der Waals surface area contributed by atoms with Crippen molar-refractivity contribution in [2.75, 3.05) is 12.8 Å². The standard InChI is InChI=1S/C8H9N3O3/c1-10-8(12)6-3-2-5(11(13)14)4-7(6)9/h2-4H,9H2,1H3,(H,10,12). The van der Waals surface area contributed by atoms with E-state index >= 15 is 0 Å². The summed E-state index contributed by atoms with van der Waals surface area (Å²) in [4.78, 5) is 20.9. The molecular weight excluding hydrogens is 186 g/mol. The number of nitrogen functional groups attached to an aromatic ring is 1. The van der Waals surface area contributed by atoms with E-state index in [4.69, 9.17) is 5.73 Å². The van der Waals surface area contributed by atoms with Crippen molar-refractivity contribution >= 4 is 17.3 Å². The minimum absolute atomic E-state index is 0.0959. The molecular formula is C8H9N3O3. The van der Waals surface area contributed by atoms with Crippen molar-refractivity contribution in [1.29, 1.82) is 0 Å². The maximum Gasteiger partial charge on any atom is 0.271 e. The Morgan fingerprint density at radius 1 is 1.57 bits per heavy atom. The number of nitro benzene ring substituents is 1. The van der Waals surface area contributed by atoms with E-state index in [1.54, 1.807) is 0 Å². The molecule has 0 aliphatic rings. The molecule has 0 radical (unpaired) electrons. The van der Waals surface area contributed by atoms with Gasteiger partial charge in [0.1, 0.15) is 0 Å². The summed E-state index contributed by atoms with van der Waals surface area (Å²) in [6.45, 7) is 0. The molecule has 1 rings (SSSR count). The fourth-order valence-corrected chi connectivity index (χ4v) is 1.01. The summed E-state index contributed by atoms with van der Waals surface area (Å²) in [6, 6.07) is 3.72. The lowest BCUT2D eigenvalue weighted by Crippen LogP contribution is -2.19. The van der Waals surface area contributed by atoms with Gasteiger partial charge in [0.2, 0.25) is 0 Å². The third-order valence-corrected chi connectivity index (χ3v) is 1.72. The van der Waals surface area contributed by atoms with Crippen LogP contribution in [0.25, 0.3) is 0 Å². The Kier molecular flexibility index (Phi) is 2.66. The largest absolute Gasteiger partial charge is 0.398 e. The minimum atomic E-state index is -0.565. The number of benzene rings is 1. The van der Waals surface area contributed by atoms with E-state index < -0.39 is 4.92 Å². The molecule has 1 amide bonds. The molecule has 0 aromatic heterocycles. The highest BCUT2D eigenvalue weighted by atomic mass is 16.6. The van der Waals surface area contributed by atoms with Crippen LogP contribution in [-0.2, 0) is 0 Å². The van der Waals surface area contributed by atoms with Crippen LogP contribution < -0.4 is 11.1 Å². The van der Waals surface area contributed by atoms with E-state index in [-0.39, 0.29) is 22.8 Å². The number of nitrogens with one attached hydrogen (secondary N) is 1. The highest BCUT2D eigenvalue weighted by Gasteiger charge is 2.12. The van der Waals surface area contributed by atoms with Gasteiger partial charge in [-0.05, 0) is 6.07 Å². The molecule has 0 atom stereocenters. The van der Waals surface area contributed by atoms with Crippen LogP contribution in [0.3, 0.4) is 0 Å². The lowest BCUT2D eigenvalue weighted by atomic mass is 10.1. The van der Waals surface area contributed by atoms with Gasteiger partial charge in [0.25, 0.3) is 11.6 Å². The third kappa shape index (κ3) is 1.79. The van der Waals surface area contributed by atoms with Crippen LogP contribution in [-0.4, -0.2) is 17.9 Å². The van der Waals surface area contributed by atoms with Gasteiger partial charge >= 0.3 is 0 Å². The van der Waals surface area contributed by atoms with Gasteiger partial charge in [-0.15, -0.1) is 0 Å². The van der Waals surface area contributed by atoms with Crippen LogP contribution in [0.5, 0.6) is 0 Å². The van der Waals surface area contributed by atoms with Crippen molar-refractivity contribution in [2.24, 2.45) is 0 Å². The quantitative estimate of drug-likeness (QED) is 0.408. The smallest absolute Gasteiger partial charge is 0.271 e. The molecule has 14 heavy (non-hydrogen) atoms. The average molecular weight is 195 g/mol. The Hall–Kier alpha value is -2.11. The molecule has 0 spiro atoms. The number of nitrogens with two attached hydrogens (primary N) is 1. The van der Waals surface area contributed by atoms with Gasteiger partial charge in [-0.2, -0.15) is 0 Å². The lowest BCUT2D eigenvalue weighted by Gasteiger charge is -2.02. The van der Waals surface area contributed by atoms with Crippen molar-refractivity contribution in [3.05, 3.63) is 33.9 Å². The van der Waals surface area contributed by atoms with Crippen LogP contribution in [0.15, 0.2) is 18.2 Å². The molecule has 6 heteroatoms. The maximum atomic E-state index is 11.2. The Balaban J connectivity index is 3.14. The van der Waals surface area contributed by atoms with Crippen LogP contribution >= 0.6 is 0 Å². The predicted molar refractivity (Wildman–Crippen MR) is 50.9 cm³/mol. The number of rotatable bonds is 2. The first-order chi connectivity index (χ1) is 6.56. The first-order valence-electron chi connectivity index (χ1n) is 3.82. The molecule has 6 nitrogen and oxygen atoms in total. The predicted octanol–water partition coefficient (Wildman–Crippen LogP) is 0.537. The topological polar surface area (TPSA) is 98.3 Å². The van der Waals surface area contributed by atoms with Gasteiger partial charge in [0, 0.05) is 19.2 Å². The van der Waals surface area contributed by atoms with E-state index in [9.17, 15) is 14.9 Å². The molecule has 0 aliphatic carbocycles. The van der Waals surface area contributed by atoms with E-state index in [0.29, 0.717) is 0 Å². The van der Waals surface area contributed by atoms with Gasteiger partial charge in [-0.1, -0.05) is 0 Å². The van der Waals surface area contributed by atoms with Gasteiger partial charge in [0.15, 0.2) is 0 Å². The van der Waals surface area contributed by atoms with E-state index in [2.05, 4.69) is 5.32 Å². The van der Waals surface area contributed by atoms with Gasteiger partial charge in [-0.3, -0.25) is 14.9 Å². The second-order valence-corrected chi connectivity index (χ2v) is 2.61. The SMILES string of the molecule is CNC(=O)c1ccc([N+](=O)[O-])cc1N. The second-order valence-electron chi connectivity index (χ2n) is 2.61. The normalized spacial score (nSPS) is 9.50. The Morgan fingerprint density at radius 2 is 2.21 bits per heavy atom. The number of nitrogens with zero attached hydrogens (tertiary/aromatic N) is 1. The monoisotopic (exact) mass is 195 g/mol. The van der Waals surface area contributed by atoms with Crippen molar-refractivity contribution in [3.63, 3.8) is 0 Å². The van der Waals surface area contributed by atoms with Gasteiger partial charge in [0.05, 0.1) is 16.2 Å². The number of amides is 1. The first-order valence-corrected chi connectivity index (χ1v) is 3.82. The summed E-state index contributed by atoms with van der Waals surface area (Å²) in [7, 11) is 1.46.